The maximum atomic E-state index is 11.5. The molecule has 1 N–H and O–H groups in total. The van der Waals surface area contributed by atoms with E-state index in [0.717, 1.165) is 11.1 Å². The molecule has 3 aromatic carbocycles. The van der Waals surface area contributed by atoms with E-state index in [1.54, 1.807) is 30.3 Å². The molecule has 0 fully saturated rings. The fraction of sp³-hybridized carbons (Fsp3) is 0.0400. The van der Waals surface area contributed by atoms with Gasteiger partial charge in [0.15, 0.2) is 0 Å². The number of hydrogen-bond donors (Lipinski definition) is 1. The fourth-order valence-electron chi connectivity index (χ4n) is 3.19. The molecule has 4 aromatic rings. The zero-order valence-electron chi connectivity index (χ0n) is 16.3. The molecule has 0 saturated carbocycles. The molecule has 4 rings (SSSR count). The Labute approximate surface area is 189 Å². The van der Waals surface area contributed by atoms with Crippen molar-refractivity contribution in [3.8, 4) is 28.1 Å². The standard InChI is InChI=1S/C25H17Cl2NO3/c26-20-9-5-4-8-18(20)19-11-13-22(25(29)30)28-24(19)17-10-12-21(27)23(14-17)31-15-16-6-2-1-3-7-16/h1-14H,15H2,(H,29,30). The summed E-state index contributed by atoms with van der Waals surface area (Å²) in [4.78, 5) is 15.9. The van der Waals surface area contributed by atoms with Crippen molar-refractivity contribution in [2.24, 2.45) is 0 Å². The first-order chi connectivity index (χ1) is 15.0. The number of carboxylic acid groups (broad SMARTS) is 1. The van der Waals surface area contributed by atoms with Crippen LogP contribution >= 0.6 is 23.2 Å². The number of nitrogens with zero attached hydrogens (tertiary/aromatic N) is 1. The van der Waals surface area contributed by atoms with E-state index in [2.05, 4.69) is 4.98 Å². The van der Waals surface area contributed by atoms with Crippen molar-refractivity contribution in [3.05, 3.63) is 106 Å². The van der Waals surface area contributed by atoms with Crippen molar-refractivity contribution in [2.75, 3.05) is 0 Å². The van der Waals surface area contributed by atoms with E-state index >= 15 is 0 Å². The highest BCUT2D eigenvalue weighted by Crippen LogP contribution is 2.38. The molecule has 0 radical (unpaired) electrons. The number of hydrogen-bond acceptors (Lipinski definition) is 3. The third-order valence-electron chi connectivity index (χ3n) is 4.72. The minimum Gasteiger partial charge on any atom is -0.487 e. The number of benzene rings is 3. The van der Waals surface area contributed by atoms with Crippen LogP contribution in [0.15, 0.2) is 84.9 Å². The Morgan fingerprint density at radius 1 is 0.839 bits per heavy atom. The third kappa shape index (κ3) is 4.71. The summed E-state index contributed by atoms with van der Waals surface area (Å²) in [5.41, 5.74) is 3.57. The molecule has 0 spiro atoms. The van der Waals surface area contributed by atoms with Gasteiger partial charge in [-0.3, -0.25) is 0 Å². The minimum absolute atomic E-state index is 0.0625. The lowest BCUT2D eigenvalue weighted by Gasteiger charge is -2.14. The van der Waals surface area contributed by atoms with Crippen LogP contribution < -0.4 is 4.74 Å². The Morgan fingerprint density at radius 3 is 2.32 bits per heavy atom. The van der Waals surface area contributed by atoms with Gasteiger partial charge in [0, 0.05) is 21.7 Å². The molecular weight excluding hydrogens is 433 g/mol. The molecule has 0 unspecified atom stereocenters. The van der Waals surface area contributed by atoms with Crippen LogP contribution in [0.25, 0.3) is 22.4 Å². The number of pyridine rings is 1. The van der Waals surface area contributed by atoms with Crippen LogP contribution in [-0.4, -0.2) is 16.1 Å². The lowest BCUT2D eigenvalue weighted by Crippen LogP contribution is -2.03. The number of carbonyl (C=O) groups is 1. The average Bonchev–Trinajstić information content (AvgIpc) is 2.79. The van der Waals surface area contributed by atoms with E-state index in [-0.39, 0.29) is 5.69 Å². The second-order valence-corrected chi connectivity index (χ2v) is 7.61. The van der Waals surface area contributed by atoms with Crippen molar-refractivity contribution >= 4 is 29.2 Å². The molecule has 1 aromatic heterocycles. The van der Waals surface area contributed by atoms with Gasteiger partial charge in [-0.1, -0.05) is 77.8 Å². The van der Waals surface area contributed by atoms with Crippen LogP contribution in [0, 0.1) is 0 Å². The summed E-state index contributed by atoms with van der Waals surface area (Å²) in [6, 6.07) is 25.5. The third-order valence-corrected chi connectivity index (χ3v) is 5.36. The van der Waals surface area contributed by atoms with Crippen molar-refractivity contribution < 1.29 is 14.6 Å². The lowest BCUT2D eigenvalue weighted by molar-refractivity contribution is 0.0690. The summed E-state index contributed by atoms with van der Waals surface area (Å²) in [7, 11) is 0. The molecule has 0 saturated heterocycles. The van der Waals surface area contributed by atoms with Crippen LogP contribution in [0.2, 0.25) is 10.0 Å². The predicted molar refractivity (Wildman–Crippen MR) is 123 cm³/mol. The van der Waals surface area contributed by atoms with E-state index in [9.17, 15) is 9.90 Å². The summed E-state index contributed by atoms with van der Waals surface area (Å²) in [6.07, 6.45) is 0. The Bertz CT molecular complexity index is 1240. The van der Waals surface area contributed by atoms with Crippen molar-refractivity contribution in [2.45, 2.75) is 6.61 Å². The van der Waals surface area contributed by atoms with Gasteiger partial charge in [-0.15, -0.1) is 0 Å². The van der Waals surface area contributed by atoms with Gasteiger partial charge in [0.1, 0.15) is 18.1 Å². The predicted octanol–water partition coefficient (Wildman–Crippen LogP) is 7.00. The highest BCUT2D eigenvalue weighted by atomic mass is 35.5. The summed E-state index contributed by atoms with van der Waals surface area (Å²) < 4.78 is 5.93. The van der Waals surface area contributed by atoms with Crippen molar-refractivity contribution in [1.82, 2.24) is 4.98 Å². The second kappa shape index (κ2) is 9.21. The number of rotatable bonds is 6. The van der Waals surface area contributed by atoms with Crippen LogP contribution in [0.3, 0.4) is 0 Å². The Morgan fingerprint density at radius 2 is 1.58 bits per heavy atom. The normalized spacial score (nSPS) is 10.6. The van der Waals surface area contributed by atoms with Gasteiger partial charge in [-0.25, -0.2) is 9.78 Å². The lowest BCUT2D eigenvalue weighted by atomic mass is 9.98. The molecule has 31 heavy (non-hydrogen) atoms. The van der Waals surface area contributed by atoms with E-state index in [1.807, 2.05) is 48.5 Å². The number of carboxylic acids is 1. The van der Waals surface area contributed by atoms with Crippen LogP contribution in [0.5, 0.6) is 5.75 Å². The van der Waals surface area contributed by atoms with Crippen LogP contribution in [0.4, 0.5) is 0 Å². The smallest absolute Gasteiger partial charge is 0.354 e. The molecule has 0 aliphatic carbocycles. The number of halogens is 2. The molecule has 6 heteroatoms. The first-order valence-electron chi connectivity index (χ1n) is 9.49. The van der Waals surface area contributed by atoms with Gasteiger partial charge in [-0.2, -0.15) is 0 Å². The van der Waals surface area contributed by atoms with Gasteiger partial charge < -0.3 is 9.84 Å². The average molecular weight is 450 g/mol. The summed E-state index contributed by atoms with van der Waals surface area (Å²) in [5, 5.41) is 10.4. The second-order valence-electron chi connectivity index (χ2n) is 6.80. The SMILES string of the molecule is O=C(O)c1ccc(-c2ccccc2Cl)c(-c2ccc(Cl)c(OCc3ccccc3)c2)n1. The van der Waals surface area contributed by atoms with Crippen molar-refractivity contribution in [1.29, 1.82) is 0 Å². The topological polar surface area (TPSA) is 59.4 Å². The maximum absolute atomic E-state index is 11.5. The first kappa shape index (κ1) is 20.9. The summed E-state index contributed by atoms with van der Waals surface area (Å²) in [5.74, 6) is -0.628. The zero-order valence-corrected chi connectivity index (χ0v) is 17.8. The maximum Gasteiger partial charge on any atom is 0.354 e. The molecule has 0 aliphatic heterocycles. The van der Waals surface area contributed by atoms with Gasteiger partial charge in [-0.05, 0) is 35.9 Å². The van der Waals surface area contributed by atoms with Crippen molar-refractivity contribution in [3.63, 3.8) is 0 Å². The van der Waals surface area contributed by atoms with Gasteiger partial charge >= 0.3 is 5.97 Å². The molecule has 0 bridgehead atoms. The van der Waals surface area contributed by atoms with Crippen LogP contribution in [-0.2, 0) is 6.61 Å². The van der Waals surface area contributed by atoms with E-state index in [4.69, 9.17) is 27.9 Å². The number of ether oxygens (including phenoxy) is 1. The van der Waals surface area contributed by atoms with Gasteiger partial charge in [0.05, 0.1) is 10.7 Å². The fourth-order valence-corrected chi connectivity index (χ4v) is 3.60. The molecule has 154 valence electrons. The molecular formula is C25H17Cl2NO3. The summed E-state index contributed by atoms with van der Waals surface area (Å²) >= 11 is 12.8. The Hall–Kier alpha value is -3.34. The van der Waals surface area contributed by atoms with E-state index in [1.165, 1.54) is 6.07 Å². The monoisotopic (exact) mass is 449 g/mol. The molecule has 1 heterocycles. The first-order valence-corrected chi connectivity index (χ1v) is 10.2. The quantitative estimate of drug-likeness (QED) is 0.344. The highest BCUT2D eigenvalue weighted by molar-refractivity contribution is 6.33. The molecule has 0 atom stereocenters. The van der Waals surface area contributed by atoms with Gasteiger partial charge in [0.2, 0.25) is 0 Å². The Kier molecular flexibility index (Phi) is 6.21. The molecule has 4 nitrogen and oxygen atoms in total. The van der Waals surface area contributed by atoms with Gasteiger partial charge in [0.25, 0.3) is 0 Å². The zero-order chi connectivity index (χ0) is 21.8. The highest BCUT2D eigenvalue weighted by Gasteiger charge is 2.17. The largest absolute Gasteiger partial charge is 0.487 e. The minimum atomic E-state index is -1.11. The summed E-state index contributed by atoms with van der Waals surface area (Å²) in [6.45, 7) is 0.351. The van der Waals surface area contributed by atoms with E-state index in [0.29, 0.717) is 39.2 Å². The van der Waals surface area contributed by atoms with E-state index < -0.39 is 5.97 Å². The molecule has 0 aliphatic rings. The number of aromatic carboxylic acids is 1. The van der Waals surface area contributed by atoms with Crippen LogP contribution in [0.1, 0.15) is 16.1 Å². The number of aromatic nitrogens is 1. The Balaban J connectivity index is 1.78. The molecule has 0 amide bonds.